The minimum atomic E-state index is -0.113. The van der Waals surface area contributed by atoms with Gasteiger partial charge in [-0.1, -0.05) is 0 Å². The number of nitrogens with one attached hydrogen (secondary N) is 1. The molecular weight excluding hydrogens is 473 g/mol. The maximum absolute atomic E-state index is 11.7. The van der Waals surface area contributed by atoms with Crippen molar-refractivity contribution in [2.24, 2.45) is 10.9 Å². The van der Waals surface area contributed by atoms with E-state index in [1.54, 1.807) is 7.11 Å². The first-order valence-electron chi connectivity index (χ1n) is 9.49. The van der Waals surface area contributed by atoms with Crippen LogP contribution in [0.25, 0.3) is 0 Å². The Hall–Kier alpha value is -1.71. The van der Waals surface area contributed by atoms with Crippen molar-refractivity contribution in [2.75, 3.05) is 40.4 Å². The van der Waals surface area contributed by atoms with Crippen LogP contribution in [-0.2, 0) is 9.53 Å². The molecule has 0 aromatic heterocycles. The van der Waals surface area contributed by atoms with Crippen LogP contribution in [0.3, 0.4) is 0 Å². The number of benzene rings is 1. The number of hydrogen-bond acceptors (Lipinski definition) is 5. The maximum Gasteiger partial charge on any atom is 0.308 e. The molecule has 1 aliphatic rings. The molecule has 1 N–H and O–H groups in total. The summed E-state index contributed by atoms with van der Waals surface area (Å²) in [6.07, 6.45) is 1.52. The van der Waals surface area contributed by atoms with E-state index in [0.717, 1.165) is 49.9 Å². The molecule has 0 bridgehead atoms. The van der Waals surface area contributed by atoms with E-state index < -0.39 is 0 Å². The summed E-state index contributed by atoms with van der Waals surface area (Å²) in [5.41, 5.74) is 0. The van der Waals surface area contributed by atoms with Crippen molar-refractivity contribution < 1.29 is 19.0 Å². The number of nitrogens with zero attached hydrogens (tertiary/aromatic N) is 2. The Balaban J connectivity index is 0.00000392. The summed E-state index contributed by atoms with van der Waals surface area (Å²) in [5.74, 6) is 2.34. The van der Waals surface area contributed by atoms with Gasteiger partial charge in [-0.2, -0.15) is 0 Å². The largest absolute Gasteiger partial charge is 0.497 e. The number of methoxy groups -OCH3 is 2. The Morgan fingerprint density at radius 1 is 1.21 bits per heavy atom. The molecule has 1 heterocycles. The monoisotopic (exact) mass is 505 g/mol. The van der Waals surface area contributed by atoms with Crippen molar-refractivity contribution in [2.45, 2.75) is 32.8 Å². The summed E-state index contributed by atoms with van der Waals surface area (Å²) in [4.78, 5) is 18.6. The maximum atomic E-state index is 11.7. The average molecular weight is 505 g/mol. The average Bonchev–Trinajstić information content (AvgIpc) is 2.71. The van der Waals surface area contributed by atoms with Gasteiger partial charge in [-0.05, 0) is 51.0 Å². The molecule has 1 unspecified atom stereocenters. The van der Waals surface area contributed by atoms with Crippen molar-refractivity contribution in [1.82, 2.24) is 10.2 Å². The van der Waals surface area contributed by atoms with Gasteiger partial charge in [0.2, 0.25) is 0 Å². The quantitative estimate of drug-likeness (QED) is 0.266. The number of carbonyl (C=O) groups excluding carboxylic acids is 1. The van der Waals surface area contributed by atoms with Gasteiger partial charge < -0.3 is 24.4 Å². The normalized spacial score (nSPS) is 16.0. The SMILES string of the molecule is CCNC(=NCC(C)Oc1ccc(OC)cc1)N1CCC(C(=O)OC)CC1.I. The first kappa shape index (κ1) is 24.3. The van der Waals surface area contributed by atoms with Crippen LogP contribution in [-0.4, -0.2) is 63.3 Å². The Labute approximate surface area is 184 Å². The van der Waals surface area contributed by atoms with Crippen molar-refractivity contribution in [3.05, 3.63) is 24.3 Å². The third kappa shape index (κ3) is 7.37. The molecule has 0 aliphatic carbocycles. The molecule has 2 rings (SSSR count). The summed E-state index contributed by atoms with van der Waals surface area (Å²) in [7, 11) is 3.09. The first-order valence-corrected chi connectivity index (χ1v) is 9.49. The van der Waals surface area contributed by atoms with Crippen LogP contribution in [0.4, 0.5) is 0 Å². The number of likely N-dealkylation sites (tertiary alicyclic amines) is 1. The minimum Gasteiger partial charge on any atom is -0.497 e. The lowest BCUT2D eigenvalue weighted by molar-refractivity contribution is -0.146. The second-order valence-corrected chi connectivity index (χ2v) is 6.58. The lowest BCUT2D eigenvalue weighted by Crippen LogP contribution is -2.47. The Kier molecular flexibility index (Phi) is 11.0. The van der Waals surface area contributed by atoms with E-state index in [4.69, 9.17) is 19.2 Å². The molecule has 0 spiro atoms. The lowest BCUT2D eigenvalue weighted by atomic mass is 9.97. The number of aliphatic imine (C=N–C) groups is 1. The minimum absolute atomic E-state index is 0. The Morgan fingerprint density at radius 3 is 2.36 bits per heavy atom. The summed E-state index contributed by atoms with van der Waals surface area (Å²) in [6, 6.07) is 7.53. The summed E-state index contributed by atoms with van der Waals surface area (Å²) < 4.78 is 15.9. The van der Waals surface area contributed by atoms with Crippen LogP contribution in [0.2, 0.25) is 0 Å². The Bertz CT molecular complexity index is 616. The topological polar surface area (TPSA) is 72.4 Å². The van der Waals surface area contributed by atoms with E-state index in [0.29, 0.717) is 6.54 Å². The molecule has 1 atom stereocenters. The smallest absolute Gasteiger partial charge is 0.308 e. The van der Waals surface area contributed by atoms with E-state index in [1.807, 2.05) is 38.1 Å². The molecule has 1 fully saturated rings. The highest BCUT2D eigenvalue weighted by molar-refractivity contribution is 14.0. The van der Waals surface area contributed by atoms with Gasteiger partial charge in [0.1, 0.15) is 17.6 Å². The van der Waals surface area contributed by atoms with Crippen LogP contribution < -0.4 is 14.8 Å². The van der Waals surface area contributed by atoms with Crippen molar-refractivity contribution >= 4 is 35.9 Å². The lowest BCUT2D eigenvalue weighted by Gasteiger charge is -2.33. The zero-order valence-corrected chi connectivity index (χ0v) is 19.5. The van der Waals surface area contributed by atoms with Crippen LogP contribution in [0, 0.1) is 5.92 Å². The highest BCUT2D eigenvalue weighted by Crippen LogP contribution is 2.19. The fourth-order valence-electron chi connectivity index (χ4n) is 3.06. The van der Waals surface area contributed by atoms with Crippen molar-refractivity contribution in [3.8, 4) is 11.5 Å². The zero-order valence-electron chi connectivity index (χ0n) is 17.1. The fraction of sp³-hybridized carbons (Fsp3) is 0.600. The number of hydrogen-bond donors (Lipinski definition) is 1. The van der Waals surface area contributed by atoms with Gasteiger partial charge in [0, 0.05) is 19.6 Å². The zero-order chi connectivity index (χ0) is 19.6. The summed E-state index contributed by atoms with van der Waals surface area (Å²) in [5, 5.41) is 3.33. The van der Waals surface area contributed by atoms with Gasteiger partial charge in [-0.3, -0.25) is 4.79 Å². The van der Waals surface area contributed by atoms with Gasteiger partial charge >= 0.3 is 5.97 Å². The Morgan fingerprint density at radius 2 is 1.82 bits per heavy atom. The molecule has 8 heteroatoms. The van der Waals surface area contributed by atoms with Gasteiger partial charge in [-0.25, -0.2) is 4.99 Å². The summed E-state index contributed by atoms with van der Waals surface area (Å²) in [6.45, 7) is 6.97. The van der Waals surface area contributed by atoms with Gasteiger partial charge in [-0.15, -0.1) is 24.0 Å². The van der Waals surface area contributed by atoms with Crippen LogP contribution >= 0.6 is 24.0 Å². The fourth-order valence-corrected chi connectivity index (χ4v) is 3.06. The number of piperidine rings is 1. The van der Waals surface area contributed by atoms with Gasteiger partial charge in [0.15, 0.2) is 5.96 Å². The molecular formula is C20H32IN3O4. The van der Waals surface area contributed by atoms with E-state index in [9.17, 15) is 4.79 Å². The van der Waals surface area contributed by atoms with E-state index in [2.05, 4.69) is 10.2 Å². The molecule has 1 saturated heterocycles. The highest BCUT2D eigenvalue weighted by Gasteiger charge is 2.27. The van der Waals surface area contributed by atoms with E-state index in [-0.39, 0.29) is 42.0 Å². The third-order valence-corrected chi connectivity index (χ3v) is 4.56. The number of rotatable bonds is 7. The standard InChI is InChI=1S/C20H31N3O4.HI/c1-5-21-20(23-12-10-16(11-13-23)19(24)26-4)22-14-15(2)27-18-8-6-17(25-3)7-9-18;/h6-9,15-16H,5,10-14H2,1-4H3,(H,21,22);1H. The van der Waals surface area contributed by atoms with Crippen LogP contribution in [0.15, 0.2) is 29.3 Å². The van der Waals surface area contributed by atoms with Gasteiger partial charge in [0.05, 0.1) is 26.7 Å². The predicted octanol–water partition coefficient (Wildman–Crippen LogP) is 2.93. The molecule has 158 valence electrons. The second kappa shape index (κ2) is 12.7. The highest BCUT2D eigenvalue weighted by atomic mass is 127. The number of esters is 1. The molecule has 0 radical (unpaired) electrons. The second-order valence-electron chi connectivity index (χ2n) is 6.58. The molecule has 7 nitrogen and oxygen atoms in total. The molecule has 1 aromatic carbocycles. The molecule has 0 saturated carbocycles. The predicted molar refractivity (Wildman–Crippen MR) is 121 cm³/mol. The number of ether oxygens (including phenoxy) is 3. The van der Waals surface area contributed by atoms with E-state index >= 15 is 0 Å². The van der Waals surface area contributed by atoms with E-state index in [1.165, 1.54) is 7.11 Å². The van der Waals surface area contributed by atoms with Gasteiger partial charge in [0.25, 0.3) is 0 Å². The molecule has 1 aliphatic heterocycles. The number of carbonyl (C=O) groups is 1. The van der Waals surface area contributed by atoms with Crippen molar-refractivity contribution in [1.29, 1.82) is 0 Å². The molecule has 1 aromatic rings. The number of guanidine groups is 1. The van der Waals surface area contributed by atoms with Crippen LogP contribution in [0.1, 0.15) is 26.7 Å². The first-order chi connectivity index (χ1) is 13.1. The third-order valence-electron chi connectivity index (χ3n) is 4.56. The van der Waals surface area contributed by atoms with Crippen LogP contribution in [0.5, 0.6) is 11.5 Å². The van der Waals surface area contributed by atoms with Crippen molar-refractivity contribution in [3.63, 3.8) is 0 Å². The molecule has 0 amide bonds. The summed E-state index contributed by atoms with van der Waals surface area (Å²) >= 11 is 0. The number of halogens is 1. The molecule has 28 heavy (non-hydrogen) atoms.